The van der Waals surface area contributed by atoms with E-state index in [1.54, 1.807) is 54.6 Å². The molecule has 6 nitrogen and oxygen atoms in total. The van der Waals surface area contributed by atoms with Crippen molar-refractivity contribution in [3.63, 3.8) is 0 Å². The van der Waals surface area contributed by atoms with Crippen molar-refractivity contribution in [2.75, 3.05) is 11.5 Å². The molecule has 0 saturated carbocycles. The molecule has 1 saturated heterocycles. The highest BCUT2D eigenvalue weighted by atomic mass is 16.5. The summed E-state index contributed by atoms with van der Waals surface area (Å²) in [6.07, 6.45) is -0.0474. The Morgan fingerprint density at radius 2 is 1.65 bits per heavy atom. The average molecular weight is 458 g/mol. The third kappa shape index (κ3) is 4.53. The van der Waals surface area contributed by atoms with Gasteiger partial charge in [-0.15, -0.1) is 0 Å². The molecule has 34 heavy (non-hydrogen) atoms. The molecular formula is C28H27NO5. The standard InChI is InChI=1S/C28H27NO5/c1-4-33-22-14-9-13-21(17-22)29-25(20-12-8-15-23(16-20)34-18(2)3)24(27(31)28(29)32)26(30)19-10-6-5-7-11-19/h5-18,25,30H,4H2,1-3H3/b26-24+. The summed E-state index contributed by atoms with van der Waals surface area (Å²) in [6.45, 7) is 6.19. The van der Waals surface area contributed by atoms with Crippen LogP contribution in [-0.2, 0) is 9.59 Å². The predicted octanol–water partition coefficient (Wildman–Crippen LogP) is 5.50. The fraction of sp³-hybridized carbons (Fsp3) is 0.214. The van der Waals surface area contributed by atoms with Gasteiger partial charge < -0.3 is 14.6 Å². The largest absolute Gasteiger partial charge is 0.507 e. The first-order chi connectivity index (χ1) is 16.4. The number of rotatable bonds is 7. The van der Waals surface area contributed by atoms with Crippen LogP contribution in [0.25, 0.3) is 5.76 Å². The molecule has 3 aromatic rings. The fourth-order valence-electron chi connectivity index (χ4n) is 4.09. The first-order valence-corrected chi connectivity index (χ1v) is 11.3. The minimum absolute atomic E-state index is 0.0275. The number of ketones is 1. The monoisotopic (exact) mass is 457 g/mol. The molecular weight excluding hydrogens is 430 g/mol. The van der Waals surface area contributed by atoms with E-state index in [1.807, 2.05) is 45.0 Å². The van der Waals surface area contributed by atoms with Crippen molar-refractivity contribution in [1.29, 1.82) is 0 Å². The van der Waals surface area contributed by atoms with Crippen molar-refractivity contribution in [3.05, 3.63) is 95.6 Å². The highest BCUT2D eigenvalue weighted by Crippen LogP contribution is 2.43. The second kappa shape index (κ2) is 9.83. The van der Waals surface area contributed by atoms with Gasteiger partial charge in [0.1, 0.15) is 17.3 Å². The van der Waals surface area contributed by atoms with Crippen LogP contribution >= 0.6 is 0 Å². The molecule has 1 amide bonds. The van der Waals surface area contributed by atoms with Crippen LogP contribution in [0.2, 0.25) is 0 Å². The van der Waals surface area contributed by atoms with Gasteiger partial charge in [0.2, 0.25) is 0 Å². The molecule has 1 aliphatic heterocycles. The van der Waals surface area contributed by atoms with E-state index in [9.17, 15) is 14.7 Å². The van der Waals surface area contributed by atoms with Crippen LogP contribution in [0.5, 0.6) is 11.5 Å². The Morgan fingerprint density at radius 3 is 2.35 bits per heavy atom. The van der Waals surface area contributed by atoms with E-state index >= 15 is 0 Å². The van der Waals surface area contributed by atoms with Gasteiger partial charge in [0, 0.05) is 17.3 Å². The lowest BCUT2D eigenvalue weighted by Crippen LogP contribution is -2.29. The van der Waals surface area contributed by atoms with E-state index in [-0.39, 0.29) is 17.4 Å². The van der Waals surface area contributed by atoms with Crippen LogP contribution in [0.3, 0.4) is 0 Å². The van der Waals surface area contributed by atoms with Crippen molar-refractivity contribution < 1.29 is 24.2 Å². The van der Waals surface area contributed by atoms with E-state index in [4.69, 9.17) is 9.47 Å². The van der Waals surface area contributed by atoms with Crippen molar-refractivity contribution in [3.8, 4) is 11.5 Å². The van der Waals surface area contributed by atoms with Crippen LogP contribution in [-0.4, -0.2) is 29.5 Å². The number of anilines is 1. The number of aliphatic hydroxyl groups excluding tert-OH is 1. The molecule has 1 aliphatic rings. The van der Waals surface area contributed by atoms with Gasteiger partial charge in [0.25, 0.3) is 11.7 Å². The van der Waals surface area contributed by atoms with Gasteiger partial charge in [0.05, 0.1) is 24.3 Å². The minimum Gasteiger partial charge on any atom is -0.507 e. The van der Waals surface area contributed by atoms with Crippen LogP contribution in [0.15, 0.2) is 84.4 Å². The predicted molar refractivity (Wildman–Crippen MR) is 131 cm³/mol. The number of hydrogen-bond acceptors (Lipinski definition) is 5. The molecule has 4 rings (SSSR count). The van der Waals surface area contributed by atoms with Crippen molar-refractivity contribution in [2.24, 2.45) is 0 Å². The Balaban J connectivity index is 1.91. The summed E-state index contributed by atoms with van der Waals surface area (Å²) in [6, 6.07) is 22.2. The molecule has 1 unspecified atom stereocenters. The van der Waals surface area contributed by atoms with Gasteiger partial charge in [-0.1, -0.05) is 48.5 Å². The number of benzene rings is 3. The molecule has 1 fully saturated rings. The average Bonchev–Trinajstić information content (AvgIpc) is 3.10. The molecule has 6 heteroatoms. The van der Waals surface area contributed by atoms with Gasteiger partial charge in [-0.2, -0.15) is 0 Å². The molecule has 1 atom stereocenters. The number of aliphatic hydroxyl groups is 1. The Hall–Kier alpha value is -4.06. The smallest absolute Gasteiger partial charge is 0.300 e. The Labute approximate surface area is 199 Å². The number of carbonyl (C=O) groups is 2. The van der Waals surface area contributed by atoms with Gasteiger partial charge in [-0.25, -0.2) is 0 Å². The maximum Gasteiger partial charge on any atom is 0.300 e. The normalized spacial score (nSPS) is 17.3. The minimum atomic E-state index is -0.840. The molecule has 0 bridgehead atoms. The summed E-state index contributed by atoms with van der Waals surface area (Å²) in [5, 5.41) is 11.2. The Bertz CT molecular complexity index is 1230. The van der Waals surface area contributed by atoms with E-state index in [1.165, 1.54) is 4.90 Å². The lowest BCUT2D eigenvalue weighted by molar-refractivity contribution is -0.132. The number of Topliss-reactive ketones (excluding diaryl/α,β-unsaturated/α-hetero) is 1. The molecule has 1 N–H and O–H groups in total. The molecule has 0 spiro atoms. The highest BCUT2D eigenvalue weighted by Gasteiger charge is 2.47. The number of hydrogen-bond donors (Lipinski definition) is 1. The summed E-state index contributed by atoms with van der Waals surface area (Å²) in [4.78, 5) is 28.0. The highest BCUT2D eigenvalue weighted by molar-refractivity contribution is 6.51. The van der Waals surface area contributed by atoms with E-state index in [0.717, 1.165) is 0 Å². The zero-order valence-corrected chi connectivity index (χ0v) is 19.4. The van der Waals surface area contributed by atoms with Crippen molar-refractivity contribution in [2.45, 2.75) is 32.9 Å². The molecule has 174 valence electrons. The first kappa shape index (κ1) is 23.1. The van der Waals surface area contributed by atoms with Crippen molar-refractivity contribution in [1.82, 2.24) is 0 Å². The van der Waals surface area contributed by atoms with Crippen LogP contribution < -0.4 is 14.4 Å². The third-order valence-corrected chi connectivity index (χ3v) is 5.44. The third-order valence-electron chi connectivity index (χ3n) is 5.44. The molecule has 0 aromatic heterocycles. The maximum absolute atomic E-state index is 13.3. The quantitative estimate of drug-likeness (QED) is 0.288. The second-order valence-corrected chi connectivity index (χ2v) is 8.20. The van der Waals surface area contributed by atoms with Crippen molar-refractivity contribution >= 4 is 23.1 Å². The Kier molecular flexibility index (Phi) is 6.68. The number of carbonyl (C=O) groups excluding carboxylic acids is 2. The lowest BCUT2D eigenvalue weighted by atomic mass is 9.95. The van der Waals surface area contributed by atoms with Gasteiger partial charge in [0.15, 0.2) is 0 Å². The lowest BCUT2D eigenvalue weighted by Gasteiger charge is -2.26. The van der Waals surface area contributed by atoms with Crippen LogP contribution in [0.4, 0.5) is 5.69 Å². The molecule has 1 heterocycles. The SMILES string of the molecule is CCOc1cccc(N2C(=O)C(=O)/C(=C(/O)c3ccccc3)C2c2cccc(OC(C)C)c2)c1. The van der Waals surface area contributed by atoms with Crippen LogP contribution in [0.1, 0.15) is 37.9 Å². The van der Waals surface area contributed by atoms with E-state index in [2.05, 4.69) is 0 Å². The van der Waals surface area contributed by atoms with Gasteiger partial charge in [-0.05, 0) is 50.6 Å². The second-order valence-electron chi connectivity index (χ2n) is 8.20. The van der Waals surface area contributed by atoms with Crippen LogP contribution in [0, 0.1) is 0 Å². The summed E-state index contributed by atoms with van der Waals surface area (Å²) in [5.41, 5.74) is 1.64. The zero-order valence-electron chi connectivity index (χ0n) is 19.4. The van der Waals surface area contributed by atoms with Gasteiger partial charge in [-0.3, -0.25) is 14.5 Å². The molecule has 3 aromatic carbocycles. The van der Waals surface area contributed by atoms with Gasteiger partial charge >= 0.3 is 0 Å². The first-order valence-electron chi connectivity index (χ1n) is 11.3. The Morgan fingerprint density at radius 1 is 0.941 bits per heavy atom. The fourth-order valence-corrected chi connectivity index (χ4v) is 4.09. The number of ether oxygens (including phenoxy) is 2. The zero-order chi connectivity index (χ0) is 24.2. The topological polar surface area (TPSA) is 76.1 Å². The number of amides is 1. The number of nitrogens with zero attached hydrogens (tertiary/aromatic N) is 1. The van der Waals surface area contributed by atoms with E-state index in [0.29, 0.717) is 34.9 Å². The molecule has 0 radical (unpaired) electrons. The summed E-state index contributed by atoms with van der Waals surface area (Å²) in [7, 11) is 0. The maximum atomic E-state index is 13.3. The summed E-state index contributed by atoms with van der Waals surface area (Å²) < 4.78 is 11.5. The van der Waals surface area contributed by atoms with E-state index < -0.39 is 17.7 Å². The molecule has 0 aliphatic carbocycles. The summed E-state index contributed by atoms with van der Waals surface area (Å²) >= 11 is 0. The summed E-state index contributed by atoms with van der Waals surface area (Å²) in [5.74, 6) is -0.487.